The van der Waals surface area contributed by atoms with Crippen LogP contribution in [0.25, 0.3) is 0 Å². The molecule has 0 aliphatic carbocycles. The maximum absolute atomic E-state index is 4.47. The molecule has 2 rings (SSSR count). The average molecular weight is 267 g/mol. The first-order valence-corrected chi connectivity index (χ1v) is 7.90. The van der Waals surface area contributed by atoms with Crippen LogP contribution in [0.3, 0.4) is 0 Å². The molecule has 1 aromatic heterocycles. The fourth-order valence-corrected chi connectivity index (χ4v) is 3.41. The largest absolute Gasteiger partial charge is 0.311 e. The summed E-state index contributed by atoms with van der Waals surface area (Å²) in [6.07, 6.45) is 3.15. The SMILES string of the molecule is CCC(C)C1CN(C(C)c2nccs2)C(C)CN1. The highest BCUT2D eigenvalue weighted by molar-refractivity contribution is 7.09. The predicted octanol–water partition coefficient (Wildman–Crippen LogP) is 2.91. The van der Waals surface area contributed by atoms with Crippen molar-refractivity contribution in [3.63, 3.8) is 0 Å². The second-order valence-corrected chi connectivity index (χ2v) is 6.42. The first kappa shape index (κ1) is 14.0. The Bertz CT molecular complexity index is 352. The van der Waals surface area contributed by atoms with Crippen LogP contribution in [0.2, 0.25) is 0 Å². The van der Waals surface area contributed by atoms with E-state index in [1.54, 1.807) is 11.3 Å². The van der Waals surface area contributed by atoms with Gasteiger partial charge in [0.2, 0.25) is 0 Å². The van der Waals surface area contributed by atoms with Crippen LogP contribution in [0.4, 0.5) is 0 Å². The summed E-state index contributed by atoms with van der Waals surface area (Å²) in [7, 11) is 0. The van der Waals surface area contributed by atoms with Crippen LogP contribution in [0.1, 0.15) is 45.2 Å². The third-order valence-electron chi connectivity index (χ3n) is 4.29. The number of piperazine rings is 1. The number of hydrogen-bond acceptors (Lipinski definition) is 4. The lowest BCUT2D eigenvalue weighted by atomic mass is 9.95. The highest BCUT2D eigenvalue weighted by Gasteiger charge is 2.31. The number of nitrogens with one attached hydrogen (secondary N) is 1. The minimum Gasteiger partial charge on any atom is -0.311 e. The number of hydrogen-bond donors (Lipinski definition) is 1. The molecular formula is C14H25N3S. The maximum atomic E-state index is 4.47. The standard InChI is InChI=1S/C14H25N3S/c1-5-10(2)13-9-17(11(3)8-16-13)12(4)14-15-6-7-18-14/h6-7,10-13,16H,5,8-9H2,1-4H3. The van der Waals surface area contributed by atoms with Gasteiger partial charge < -0.3 is 5.32 Å². The molecule has 1 N–H and O–H groups in total. The average Bonchev–Trinajstić information content (AvgIpc) is 2.91. The van der Waals surface area contributed by atoms with Gasteiger partial charge in [-0.25, -0.2) is 4.98 Å². The molecule has 1 aliphatic heterocycles. The highest BCUT2D eigenvalue weighted by Crippen LogP contribution is 2.27. The molecule has 0 saturated carbocycles. The van der Waals surface area contributed by atoms with Crippen LogP contribution in [0.5, 0.6) is 0 Å². The lowest BCUT2D eigenvalue weighted by Crippen LogP contribution is -2.57. The summed E-state index contributed by atoms with van der Waals surface area (Å²) < 4.78 is 0. The Hall–Kier alpha value is -0.450. The molecule has 3 nitrogen and oxygen atoms in total. The van der Waals surface area contributed by atoms with E-state index < -0.39 is 0 Å². The number of aromatic nitrogens is 1. The molecule has 0 bridgehead atoms. The Morgan fingerprint density at radius 1 is 1.56 bits per heavy atom. The zero-order valence-electron chi connectivity index (χ0n) is 11.9. The van der Waals surface area contributed by atoms with Gasteiger partial charge in [0.05, 0.1) is 6.04 Å². The lowest BCUT2D eigenvalue weighted by molar-refractivity contribution is 0.0818. The van der Waals surface area contributed by atoms with Crippen molar-refractivity contribution < 1.29 is 0 Å². The minimum absolute atomic E-state index is 0.439. The van der Waals surface area contributed by atoms with E-state index in [1.165, 1.54) is 11.4 Å². The van der Waals surface area contributed by atoms with Crippen molar-refractivity contribution in [2.45, 2.75) is 52.2 Å². The lowest BCUT2D eigenvalue weighted by Gasteiger charge is -2.43. The van der Waals surface area contributed by atoms with Gasteiger partial charge >= 0.3 is 0 Å². The van der Waals surface area contributed by atoms with E-state index in [-0.39, 0.29) is 0 Å². The molecule has 4 atom stereocenters. The first-order valence-electron chi connectivity index (χ1n) is 7.02. The third kappa shape index (κ3) is 2.92. The Labute approximate surface area is 115 Å². The normalized spacial score (nSPS) is 29.1. The fraction of sp³-hybridized carbons (Fsp3) is 0.786. The molecular weight excluding hydrogens is 242 g/mol. The van der Waals surface area contributed by atoms with Crippen LogP contribution in [0.15, 0.2) is 11.6 Å². The molecule has 1 aliphatic rings. The van der Waals surface area contributed by atoms with Crippen molar-refractivity contribution in [2.75, 3.05) is 13.1 Å². The van der Waals surface area contributed by atoms with E-state index in [9.17, 15) is 0 Å². The van der Waals surface area contributed by atoms with E-state index in [1.807, 2.05) is 6.20 Å². The van der Waals surface area contributed by atoms with Crippen molar-refractivity contribution >= 4 is 11.3 Å². The molecule has 0 amide bonds. The van der Waals surface area contributed by atoms with Crippen LogP contribution in [0, 0.1) is 5.92 Å². The minimum atomic E-state index is 0.439. The van der Waals surface area contributed by atoms with Crippen LogP contribution >= 0.6 is 11.3 Å². The van der Waals surface area contributed by atoms with Gasteiger partial charge in [-0.2, -0.15) is 0 Å². The van der Waals surface area contributed by atoms with E-state index in [0.717, 1.165) is 19.0 Å². The van der Waals surface area contributed by atoms with Crippen molar-refractivity contribution in [1.29, 1.82) is 0 Å². The molecule has 102 valence electrons. The smallest absolute Gasteiger partial charge is 0.109 e. The first-order chi connectivity index (χ1) is 8.63. The summed E-state index contributed by atoms with van der Waals surface area (Å²) in [6, 6.07) is 1.64. The summed E-state index contributed by atoms with van der Waals surface area (Å²) in [6.45, 7) is 11.4. The van der Waals surface area contributed by atoms with Gasteiger partial charge in [-0.05, 0) is 19.8 Å². The van der Waals surface area contributed by atoms with Crippen molar-refractivity contribution in [3.8, 4) is 0 Å². The van der Waals surface area contributed by atoms with Crippen LogP contribution < -0.4 is 5.32 Å². The summed E-state index contributed by atoms with van der Waals surface area (Å²) >= 11 is 1.77. The van der Waals surface area contributed by atoms with Gasteiger partial charge in [0.15, 0.2) is 0 Å². The zero-order valence-corrected chi connectivity index (χ0v) is 12.7. The predicted molar refractivity (Wildman–Crippen MR) is 77.9 cm³/mol. The second-order valence-electron chi connectivity index (χ2n) is 5.49. The molecule has 1 saturated heterocycles. The summed E-state index contributed by atoms with van der Waals surface area (Å²) in [5, 5.41) is 7.01. The third-order valence-corrected chi connectivity index (χ3v) is 5.23. The van der Waals surface area contributed by atoms with Crippen molar-refractivity contribution in [2.24, 2.45) is 5.92 Å². The molecule has 4 unspecified atom stereocenters. The van der Waals surface area contributed by atoms with Gasteiger partial charge in [-0.3, -0.25) is 4.90 Å². The van der Waals surface area contributed by atoms with Crippen molar-refractivity contribution in [1.82, 2.24) is 15.2 Å². The summed E-state index contributed by atoms with van der Waals surface area (Å²) in [5.74, 6) is 0.739. The molecule has 0 radical (unpaired) electrons. The molecule has 0 aromatic carbocycles. The Balaban J connectivity index is 2.05. The highest BCUT2D eigenvalue weighted by atomic mass is 32.1. The Morgan fingerprint density at radius 3 is 2.94 bits per heavy atom. The van der Waals surface area contributed by atoms with Crippen LogP contribution in [-0.4, -0.2) is 35.1 Å². The summed E-state index contributed by atoms with van der Waals surface area (Å²) in [4.78, 5) is 7.08. The van der Waals surface area contributed by atoms with Crippen LogP contribution in [-0.2, 0) is 0 Å². The van der Waals surface area contributed by atoms with Gasteiger partial charge in [0.25, 0.3) is 0 Å². The maximum Gasteiger partial charge on any atom is 0.109 e. The number of thiazole rings is 1. The van der Waals surface area contributed by atoms with Gasteiger partial charge in [-0.1, -0.05) is 20.3 Å². The topological polar surface area (TPSA) is 28.2 Å². The number of rotatable bonds is 4. The molecule has 1 aromatic rings. The number of nitrogens with zero attached hydrogens (tertiary/aromatic N) is 2. The molecule has 18 heavy (non-hydrogen) atoms. The molecule has 2 heterocycles. The molecule has 0 spiro atoms. The monoisotopic (exact) mass is 267 g/mol. The zero-order chi connectivity index (χ0) is 13.1. The van der Waals surface area contributed by atoms with E-state index in [0.29, 0.717) is 18.1 Å². The quantitative estimate of drug-likeness (QED) is 0.909. The van der Waals surface area contributed by atoms with E-state index in [2.05, 4.69) is 48.3 Å². The van der Waals surface area contributed by atoms with E-state index >= 15 is 0 Å². The molecule has 4 heteroatoms. The second kappa shape index (κ2) is 6.13. The Morgan fingerprint density at radius 2 is 2.33 bits per heavy atom. The van der Waals surface area contributed by atoms with E-state index in [4.69, 9.17) is 0 Å². The van der Waals surface area contributed by atoms with Crippen molar-refractivity contribution in [3.05, 3.63) is 16.6 Å². The van der Waals surface area contributed by atoms with Gasteiger partial charge in [-0.15, -0.1) is 11.3 Å². The van der Waals surface area contributed by atoms with Gasteiger partial charge in [0.1, 0.15) is 5.01 Å². The van der Waals surface area contributed by atoms with Gasteiger partial charge in [0, 0.05) is 36.8 Å². The Kier molecular flexibility index (Phi) is 4.76. The molecule has 1 fully saturated rings. The fourth-order valence-electron chi connectivity index (χ4n) is 2.70. The summed E-state index contributed by atoms with van der Waals surface area (Å²) in [5.41, 5.74) is 0.